The van der Waals surface area contributed by atoms with Crippen LogP contribution < -0.4 is 44.2 Å². The summed E-state index contributed by atoms with van der Waals surface area (Å²) in [6.07, 6.45) is -2.29. The summed E-state index contributed by atoms with van der Waals surface area (Å²) >= 11 is 0. The lowest BCUT2D eigenvalue weighted by Gasteiger charge is -2.39. The zero-order valence-electron chi connectivity index (χ0n) is 24.4. The number of hydrogen-bond acceptors (Lipinski definition) is 14. The number of carbonyl (C=O) groups is 2. The van der Waals surface area contributed by atoms with Gasteiger partial charge in [0.15, 0.2) is 0 Å². The maximum atomic E-state index is 12.0. The first-order valence-electron chi connectivity index (χ1n) is 15.0. The third-order valence-corrected chi connectivity index (χ3v) is 7.66. The Bertz CT molecular complexity index is 725. The maximum absolute atomic E-state index is 12.0. The molecule has 0 spiro atoms. The average Bonchev–Trinajstić information content (AvgIpc) is 2.94. The van der Waals surface area contributed by atoms with Crippen LogP contribution in [0.5, 0.6) is 0 Å². The Balaban J connectivity index is 1.35. The minimum Gasteiger partial charge on any atom is -0.389 e. The van der Waals surface area contributed by atoms with Gasteiger partial charge >= 0.3 is 0 Å². The van der Waals surface area contributed by atoms with E-state index < -0.39 is 60.8 Å². The van der Waals surface area contributed by atoms with Gasteiger partial charge in [0.25, 0.3) is 0 Å². The molecule has 2 fully saturated rings. The molecule has 2 saturated carbocycles. The Morgan fingerprint density at radius 1 is 0.548 bits per heavy atom. The number of ether oxygens (including phenoxy) is 2. The van der Waals surface area contributed by atoms with Crippen molar-refractivity contribution in [3.8, 4) is 0 Å². The van der Waals surface area contributed by atoms with E-state index in [1.165, 1.54) is 0 Å². The van der Waals surface area contributed by atoms with Crippen molar-refractivity contribution >= 4 is 11.8 Å². The molecule has 246 valence electrons. The predicted molar refractivity (Wildman–Crippen MR) is 155 cm³/mol. The van der Waals surface area contributed by atoms with Gasteiger partial charge in [-0.25, -0.2) is 0 Å². The molecule has 2 rings (SSSR count). The van der Waals surface area contributed by atoms with Crippen LogP contribution in [0.25, 0.3) is 0 Å². The number of carbonyl (C=O) groups excluding carboxylic acids is 2. The second-order valence-electron chi connectivity index (χ2n) is 11.3. The van der Waals surface area contributed by atoms with Crippen LogP contribution in [0.4, 0.5) is 0 Å². The fourth-order valence-corrected chi connectivity index (χ4v) is 5.10. The number of amides is 2. The average molecular weight is 607 g/mol. The lowest BCUT2D eigenvalue weighted by Crippen LogP contribution is -2.62. The summed E-state index contributed by atoms with van der Waals surface area (Å²) in [4.78, 5) is 24.0. The van der Waals surface area contributed by atoms with Crippen molar-refractivity contribution < 1.29 is 39.5 Å². The van der Waals surface area contributed by atoms with Gasteiger partial charge < -0.3 is 74.1 Å². The molecule has 0 aliphatic heterocycles. The van der Waals surface area contributed by atoms with Gasteiger partial charge in [0.2, 0.25) is 11.8 Å². The van der Waals surface area contributed by atoms with Gasteiger partial charge in [-0.05, 0) is 64.7 Å². The molecule has 16 nitrogen and oxygen atoms in total. The minimum atomic E-state index is -1.23. The molecule has 42 heavy (non-hydrogen) atoms. The third-order valence-electron chi connectivity index (χ3n) is 7.66. The number of aliphatic hydroxyl groups is 4. The summed E-state index contributed by atoms with van der Waals surface area (Å²) in [6, 6.07) is -2.33. The molecule has 0 aromatic heterocycles. The van der Waals surface area contributed by atoms with Crippen LogP contribution >= 0.6 is 0 Å². The van der Waals surface area contributed by atoms with Crippen LogP contribution in [0.2, 0.25) is 0 Å². The van der Waals surface area contributed by atoms with Crippen molar-refractivity contribution in [2.24, 2.45) is 22.9 Å². The highest BCUT2D eigenvalue weighted by Gasteiger charge is 2.42. The van der Waals surface area contributed by atoms with Crippen molar-refractivity contribution in [2.75, 3.05) is 52.5 Å². The first-order chi connectivity index (χ1) is 20.0. The number of rotatable bonds is 19. The first-order valence-corrected chi connectivity index (χ1v) is 15.0. The van der Waals surface area contributed by atoms with E-state index in [1.54, 1.807) is 0 Å². The zero-order valence-corrected chi connectivity index (χ0v) is 24.4. The highest BCUT2D eigenvalue weighted by Crippen LogP contribution is 2.21. The van der Waals surface area contributed by atoms with Gasteiger partial charge in [-0.2, -0.15) is 0 Å². The molecule has 0 radical (unpaired) electrons. The fourth-order valence-electron chi connectivity index (χ4n) is 5.10. The van der Waals surface area contributed by atoms with Gasteiger partial charge in [0.05, 0.1) is 12.2 Å². The molecule has 0 bridgehead atoms. The van der Waals surface area contributed by atoms with Crippen LogP contribution in [0.15, 0.2) is 0 Å². The van der Waals surface area contributed by atoms with Crippen molar-refractivity contribution in [2.45, 2.75) is 99.3 Å². The molecular weight excluding hydrogens is 552 g/mol. The van der Waals surface area contributed by atoms with Crippen LogP contribution in [-0.2, 0) is 19.1 Å². The van der Waals surface area contributed by atoms with E-state index in [2.05, 4.69) is 21.3 Å². The summed E-state index contributed by atoms with van der Waals surface area (Å²) in [5, 5.41) is 52.1. The molecular formula is C26H54N8O8. The molecule has 0 heterocycles. The van der Waals surface area contributed by atoms with Crippen molar-refractivity contribution in [1.29, 1.82) is 0 Å². The molecule has 16 heteroatoms. The van der Waals surface area contributed by atoms with E-state index in [0.29, 0.717) is 25.9 Å². The van der Waals surface area contributed by atoms with E-state index in [1.807, 2.05) is 0 Å². The molecule has 16 N–H and O–H groups in total. The van der Waals surface area contributed by atoms with Gasteiger partial charge in [0, 0.05) is 37.3 Å². The Morgan fingerprint density at radius 3 is 1.29 bits per heavy atom. The fraction of sp³-hybridized carbons (Fsp3) is 0.923. The predicted octanol–water partition coefficient (Wildman–Crippen LogP) is -5.71. The molecule has 2 aliphatic carbocycles. The first kappa shape index (κ1) is 36.7. The molecule has 0 aromatic carbocycles. The molecule has 2 aliphatic rings. The Hall–Kier alpha value is -1.54. The Labute approximate surface area is 247 Å². The summed E-state index contributed by atoms with van der Waals surface area (Å²) in [5.74, 6) is -0.624. The van der Waals surface area contributed by atoms with Crippen LogP contribution in [0.1, 0.15) is 38.5 Å². The van der Waals surface area contributed by atoms with Crippen molar-refractivity contribution in [3.05, 3.63) is 0 Å². The Kier molecular flexibility index (Phi) is 17.2. The molecule has 2 amide bonds. The van der Waals surface area contributed by atoms with Crippen molar-refractivity contribution in [3.63, 3.8) is 0 Å². The smallest absolute Gasteiger partial charge is 0.246 e. The lowest BCUT2D eigenvalue weighted by molar-refractivity contribution is -0.145. The topological polar surface area (TPSA) is 286 Å². The van der Waals surface area contributed by atoms with E-state index in [-0.39, 0.29) is 25.0 Å². The minimum absolute atomic E-state index is 0.249. The molecule has 0 unspecified atom stereocenters. The molecule has 0 aromatic rings. The highest BCUT2D eigenvalue weighted by molar-refractivity contribution is 5.77. The number of nitrogens with two attached hydrogens (primary N) is 4. The summed E-state index contributed by atoms with van der Waals surface area (Å²) in [7, 11) is 0. The van der Waals surface area contributed by atoms with E-state index in [4.69, 9.17) is 32.4 Å². The largest absolute Gasteiger partial charge is 0.389 e. The molecule has 0 saturated heterocycles. The monoisotopic (exact) mass is 606 g/mol. The SMILES string of the molecule is N[C@@H]1C[C@H](N)[C@@H](OCC(=O)NCCCNCCCCNCCCNC(=O)CO[C@H]2[C@H](O)[C@@H](O)[C@H](N)C[C@@H]2N)[C@H](O)[C@H]1O. The van der Waals surface area contributed by atoms with Gasteiger partial charge in [-0.15, -0.1) is 0 Å². The molecule has 10 atom stereocenters. The number of aliphatic hydroxyl groups excluding tert-OH is 4. The van der Waals surface area contributed by atoms with Crippen LogP contribution in [-0.4, -0.2) is 146 Å². The normalized spacial score (nSPS) is 33.3. The second kappa shape index (κ2) is 19.7. The highest BCUT2D eigenvalue weighted by atomic mass is 16.5. The van der Waals surface area contributed by atoms with Gasteiger partial charge in [0.1, 0.15) is 37.6 Å². The van der Waals surface area contributed by atoms with E-state index in [0.717, 1.165) is 51.9 Å². The van der Waals surface area contributed by atoms with Gasteiger partial charge in [-0.3, -0.25) is 9.59 Å². The summed E-state index contributed by atoms with van der Waals surface area (Å²) in [5.41, 5.74) is 23.3. The summed E-state index contributed by atoms with van der Waals surface area (Å²) < 4.78 is 10.9. The van der Waals surface area contributed by atoms with Crippen molar-refractivity contribution in [1.82, 2.24) is 21.3 Å². The van der Waals surface area contributed by atoms with Crippen LogP contribution in [0.3, 0.4) is 0 Å². The number of nitrogens with one attached hydrogen (secondary N) is 4. The van der Waals surface area contributed by atoms with Gasteiger partial charge in [-0.1, -0.05) is 0 Å². The second-order valence-corrected chi connectivity index (χ2v) is 11.3. The maximum Gasteiger partial charge on any atom is 0.246 e. The number of hydrogen-bond donors (Lipinski definition) is 12. The number of unbranched alkanes of at least 4 members (excludes halogenated alkanes) is 1. The van der Waals surface area contributed by atoms with E-state index >= 15 is 0 Å². The third kappa shape index (κ3) is 12.6. The zero-order chi connectivity index (χ0) is 31.1. The quantitative estimate of drug-likeness (QED) is 0.0610. The lowest BCUT2D eigenvalue weighted by atomic mass is 9.85. The summed E-state index contributed by atoms with van der Waals surface area (Å²) in [6.45, 7) is 3.71. The standard InChI is InChI=1S/C26H54N8O8/c27-15-11-17(29)25(23(39)21(15)37)41-13-19(35)33-9-3-7-31-5-1-2-6-32-8-4-10-34-20(36)14-42-26-18(30)12-16(28)22(38)24(26)40/h15-18,21-26,31-32,37-40H,1-14,27-30H2,(H,33,35)(H,34,36)/t15-,16-,17+,18+,21+,22+,23-,24-,25-,26-/m1/s1. The Morgan fingerprint density at radius 2 is 0.905 bits per heavy atom. The van der Waals surface area contributed by atoms with Crippen LogP contribution in [0, 0.1) is 0 Å². The van der Waals surface area contributed by atoms with E-state index in [9.17, 15) is 30.0 Å².